The van der Waals surface area contributed by atoms with Crippen molar-refractivity contribution in [2.45, 2.75) is 12.8 Å². The summed E-state index contributed by atoms with van der Waals surface area (Å²) < 4.78 is 0. The van der Waals surface area contributed by atoms with Crippen LogP contribution in [0.2, 0.25) is 0 Å². The van der Waals surface area contributed by atoms with Gasteiger partial charge in [0.2, 0.25) is 0 Å². The van der Waals surface area contributed by atoms with Crippen LogP contribution in [-0.4, -0.2) is 13.1 Å². The molecule has 1 heterocycles. The Morgan fingerprint density at radius 2 is 1.12 bits per heavy atom. The van der Waals surface area contributed by atoms with Gasteiger partial charge in [-0.1, -0.05) is 0 Å². The summed E-state index contributed by atoms with van der Waals surface area (Å²) >= 11 is 0. The van der Waals surface area contributed by atoms with E-state index in [9.17, 15) is 0 Å². The molecule has 0 aliphatic carbocycles. The third kappa shape index (κ3) is 7.40. The number of halogens is 3. The molecule has 0 aromatic carbocycles. The lowest BCUT2D eigenvalue weighted by Crippen LogP contribution is -2.03. The SMILES string of the molecule is Br.Br.Br.C1CCNC1. The molecule has 1 aliphatic heterocycles. The maximum absolute atomic E-state index is 3.22. The Hall–Kier alpha value is 1.40. The van der Waals surface area contributed by atoms with Crippen molar-refractivity contribution in [2.75, 3.05) is 13.1 Å². The lowest BCUT2D eigenvalue weighted by Gasteiger charge is -1.76. The molecule has 8 heavy (non-hydrogen) atoms. The molecule has 1 nitrogen and oxygen atoms in total. The van der Waals surface area contributed by atoms with Gasteiger partial charge in [-0.15, -0.1) is 50.9 Å². The van der Waals surface area contributed by atoms with Crippen LogP contribution in [0.25, 0.3) is 0 Å². The van der Waals surface area contributed by atoms with E-state index in [-0.39, 0.29) is 50.9 Å². The maximum Gasteiger partial charge on any atom is -0.00484 e. The molecule has 0 radical (unpaired) electrons. The number of hydrogen-bond acceptors (Lipinski definition) is 1. The summed E-state index contributed by atoms with van der Waals surface area (Å²) in [5.41, 5.74) is 0. The highest BCUT2D eigenvalue weighted by molar-refractivity contribution is 8.93. The van der Waals surface area contributed by atoms with E-state index >= 15 is 0 Å². The molecule has 0 bridgehead atoms. The molecule has 0 atom stereocenters. The molecule has 1 saturated heterocycles. The van der Waals surface area contributed by atoms with Crippen molar-refractivity contribution in [1.29, 1.82) is 0 Å². The van der Waals surface area contributed by atoms with Crippen LogP contribution in [0.15, 0.2) is 0 Å². The van der Waals surface area contributed by atoms with Crippen LogP contribution in [0.1, 0.15) is 12.8 Å². The summed E-state index contributed by atoms with van der Waals surface area (Å²) in [5, 5.41) is 3.22. The van der Waals surface area contributed by atoms with Gasteiger partial charge in [0.05, 0.1) is 0 Å². The third-order valence-corrected chi connectivity index (χ3v) is 0.957. The lowest BCUT2D eigenvalue weighted by molar-refractivity contribution is 0.857. The molecule has 0 amide bonds. The van der Waals surface area contributed by atoms with Crippen molar-refractivity contribution in [1.82, 2.24) is 5.32 Å². The Labute approximate surface area is 81.9 Å². The second-order valence-corrected chi connectivity index (χ2v) is 1.46. The smallest absolute Gasteiger partial charge is 0.00484 e. The fourth-order valence-corrected chi connectivity index (χ4v) is 0.625. The normalized spacial score (nSPS) is 15.0. The summed E-state index contributed by atoms with van der Waals surface area (Å²) in [4.78, 5) is 0. The minimum atomic E-state index is 0. The third-order valence-electron chi connectivity index (χ3n) is 0.957. The van der Waals surface area contributed by atoms with Gasteiger partial charge in [0.25, 0.3) is 0 Å². The molecule has 0 spiro atoms. The first-order valence-corrected chi connectivity index (χ1v) is 2.21. The van der Waals surface area contributed by atoms with E-state index in [1.165, 1.54) is 25.9 Å². The molecule has 1 N–H and O–H groups in total. The fraction of sp³-hybridized carbons (Fsp3) is 1.00. The van der Waals surface area contributed by atoms with Gasteiger partial charge in [-0.25, -0.2) is 0 Å². The number of hydrogen-bond donors (Lipinski definition) is 1. The molecule has 0 aromatic rings. The quantitative estimate of drug-likeness (QED) is 0.722. The average molecular weight is 314 g/mol. The Bertz CT molecular complexity index is 22.9. The van der Waals surface area contributed by atoms with Crippen LogP contribution in [0, 0.1) is 0 Å². The number of rotatable bonds is 0. The highest BCUT2D eigenvalue weighted by Gasteiger charge is 1.93. The molecule has 54 valence electrons. The zero-order valence-electron chi connectivity index (χ0n) is 4.55. The molecule has 4 heteroatoms. The van der Waals surface area contributed by atoms with E-state index in [4.69, 9.17) is 0 Å². The van der Waals surface area contributed by atoms with Crippen LogP contribution in [-0.2, 0) is 0 Å². The Kier molecular flexibility index (Phi) is 22.7. The van der Waals surface area contributed by atoms with Crippen molar-refractivity contribution in [3.8, 4) is 0 Å². The van der Waals surface area contributed by atoms with Gasteiger partial charge < -0.3 is 5.32 Å². The van der Waals surface area contributed by atoms with Gasteiger partial charge in [-0.05, 0) is 25.9 Å². The molecule has 0 aromatic heterocycles. The van der Waals surface area contributed by atoms with Crippen LogP contribution < -0.4 is 5.32 Å². The first-order valence-electron chi connectivity index (χ1n) is 2.21. The van der Waals surface area contributed by atoms with E-state index in [1.54, 1.807) is 0 Å². The van der Waals surface area contributed by atoms with E-state index in [2.05, 4.69) is 5.32 Å². The predicted molar refractivity (Wildman–Crippen MR) is 53.1 cm³/mol. The fourth-order valence-electron chi connectivity index (χ4n) is 0.625. The Morgan fingerprint density at radius 1 is 0.750 bits per heavy atom. The largest absolute Gasteiger partial charge is 0.317 e. The zero-order valence-corrected chi connectivity index (χ0v) is 9.69. The second-order valence-electron chi connectivity index (χ2n) is 1.46. The van der Waals surface area contributed by atoms with Gasteiger partial charge in [-0.2, -0.15) is 0 Å². The highest BCUT2D eigenvalue weighted by atomic mass is 79.9. The molecule has 0 unspecified atom stereocenters. The standard InChI is InChI=1S/C4H9N.3BrH/c1-2-4-5-3-1;;;/h5H,1-4H2;3*1H. The van der Waals surface area contributed by atoms with Gasteiger partial charge in [0.15, 0.2) is 0 Å². The minimum absolute atomic E-state index is 0. The van der Waals surface area contributed by atoms with Gasteiger partial charge in [-0.3, -0.25) is 0 Å². The summed E-state index contributed by atoms with van der Waals surface area (Å²) in [5.74, 6) is 0. The monoisotopic (exact) mass is 311 g/mol. The van der Waals surface area contributed by atoms with Crippen molar-refractivity contribution in [2.24, 2.45) is 0 Å². The van der Waals surface area contributed by atoms with Crippen molar-refractivity contribution >= 4 is 50.9 Å². The lowest BCUT2D eigenvalue weighted by atomic mass is 10.4. The van der Waals surface area contributed by atoms with Crippen molar-refractivity contribution in [3.05, 3.63) is 0 Å². The average Bonchev–Trinajstić information content (AvgIpc) is 1.76. The van der Waals surface area contributed by atoms with Crippen molar-refractivity contribution in [3.63, 3.8) is 0 Å². The summed E-state index contributed by atoms with van der Waals surface area (Å²) in [6, 6.07) is 0. The van der Waals surface area contributed by atoms with E-state index in [0.717, 1.165) is 0 Å². The van der Waals surface area contributed by atoms with Gasteiger partial charge in [0.1, 0.15) is 0 Å². The minimum Gasteiger partial charge on any atom is -0.317 e. The predicted octanol–water partition coefficient (Wildman–Crippen LogP) is 2.10. The number of nitrogens with one attached hydrogen (secondary N) is 1. The summed E-state index contributed by atoms with van der Waals surface area (Å²) in [6.45, 7) is 2.50. The highest BCUT2D eigenvalue weighted by Crippen LogP contribution is 1.90. The Balaban J connectivity index is -0.0000000833. The van der Waals surface area contributed by atoms with Crippen LogP contribution in [0.3, 0.4) is 0 Å². The summed E-state index contributed by atoms with van der Waals surface area (Å²) in [7, 11) is 0. The van der Waals surface area contributed by atoms with Gasteiger partial charge in [0, 0.05) is 0 Å². The topological polar surface area (TPSA) is 12.0 Å². The zero-order chi connectivity index (χ0) is 3.54. The molecule has 1 rings (SSSR count). The molecular formula is C4H12Br3N. The first-order chi connectivity index (χ1) is 2.50. The van der Waals surface area contributed by atoms with E-state index in [1.807, 2.05) is 0 Å². The van der Waals surface area contributed by atoms with Crippen molar-refractivity contribution < 1.29 is 0 Å². The summed E-state index contributed by atoms with van der Waals surface area (Å²) in [6.07, 6.45) is 2.78. The maximum atomic E-state index is 3.22. The molecular weight excluding hydrogens is 302 g/mol. The van der Waals surface area contributed by atoms with Crippen LogP contribution in [0.5, 0.6) is 0 Å². The molecule has 1 aliphatic rings. The van der Waals surface area contributed by atoms with E-state index in [0.29, 0.717) is 0 Å². The Morgan fingerprint density at radius 3 is 1.25 bits per heavy atom. The molecule has 0 saturated carbocycles. The van der Waals surface area contributed by atoms with Crippen LogP contribution in [0.4, 0.5) is 0 Å². The second kappa shape index (κ2) is 11.2. The first kappa shape index (κ1) is 16.2. The molecule has 1 fully saturated rings. The van der Waals surface area contributed by atoms with Gasteiger partial charge >= 0.3 is 0 Å². The van der Waals surface area contributed by atoms with E-state index < -0.39 is 0 Å². The van der Waals surface area contributed by atoms with Crippen LogP contribution >= 0.6 is 50.9 Å².